The van der Waals surface area contributed by atoms with Crippen molar-refractivity contribution in [3.63, 3.8) is 0 Å². The summed E-state index contributed by atoms with van der Waals surface area (Å²) in [5, 5.41) is 2.79. The number of ether oxygens (including phenoxy) is 1. The second kappa shape index (κ2) is 7.55. The number of halogens is 1. The van der Waals surface area contributed by atoms with Crippen LogP contribution >= 0.6 is 15.9 Å². The van der Waals surface area contributed by atoms with Crippen LogP contribution in [0.25, 0.3) is 0 Å². The zero-order valence-corrected chi connectivity index (χ0v) is 14.5. The van der Waals surface area contributed by atoms with E-state index in [2.05, 4.69) is 26.2 Å². The number of carbonyl (C=O) groups excluding carboxylic acids is 2. The molecule has 24 heavy (non-hydrogen) atoms. The molecule has 0 bridgehead atoms. The molecule has 0 unspecified atom stereocenters. The smallest absolute Gasteiger partial charge is 0.257 e. The van der Waals surface area contributed by atoms with Gasteiger partial charge in [-0.15, -0.1) is 0 Å². The summed E-state index contributed by atoms with van der Waals surface area (Å²) < 4.78 is 6.18. The number of morpholine rings is 1. The molecule has 3 rings (SSSR count). The van der Waals surface area contributed by atoms with Crippen LogP contribution in [0, 0.1) is 0 Å². The third kappa shape index (κ3) is 3.98. The van der Waals surface area contributed by atoms with Crippen molar-refractivity contribution < 1.29 is 14.3 Å². The number of carbonyl (C=O) groups is 2. The van der Waals surface area contributed by atoms with E-state index in [-0.39, 0.29) is 11.8 Å². The maximum atomic E-state index is 12.5. The zero-order chi connectivity index (χ0) is 16.9. The molecule has 1 aliphatic heterocycles. The van der Waals surface area contributed by atoms with Gasteiger partial charge in [0.25, 0.3) is 11.8 Å². The van der Waals surface area contributed by atoms with E-state index in [1.54, 1.807) is 23.1 Å². The van der Waals surface area contributed by atoms with Gasteiger partial charge in [-0.1, -0.05) is 15.9 Å². The first-order valence-corrected chi connectivity index (χ1v) is 8.32. The van der Waals surface area contributed by atoms with Crippen LogP contribution in [0.3, 0.4) is 0 Å². The molecule has 6 nitrogen and oxygen atoms in total. The third-order valence-electron chi connectivity index (χ3n) is 3.65. The minimum Gasteiger partial charge on any atom is -0.378 e. The Balaban J connectivity index is 1.73. The normalized spacial score (nSPS) is 14.3. The van der Waals surface area contributed by atoms with Gasteiger partial charge in [0, 0.05) is 35.6 Å². The van der Waals surface area contributed by atoms with Crippen LogP contribution in [-0.4, -0.2) is 48.0 Å². The number of aromatic nitrogens is 1. The second-order valence-electron chi connectivity index (χ2n) is 5.33. The minimum atomic E-state index is -0.304. The van der Waals surface area contributed by atoms with E-state index in [9.17, 15) is 9.59 Å². The first-order chi connectivity index (χ1) is 11.6. The van der Waals surface area contributed by atoms with E-state index in [1.165, 1.54) is 12.4 Å². The lowest BCUT2D eigenvalue weighted by Gasteiger charge is -2.26. The molecule has 0 aliphatic carbocycles. The standard InChI is InChI=1S/C17H16BrN3O3/c18-14-1-3-15(4-2-14)20-16(22)12-9-13(11-19-10-12)17(23)21-5-7-24-8-6-21/h1-4,9-11H,5-8H2,(H,20,22). The van der Waals surface area contributed by atoms with Crippen molar-refractivity contribution in [3.8, 4) is 0 Å². The molecule has 0 saturated carbocycles. The summed E-state index contributed by atoms with van der Waals surface area (Å²) >= 11 is 3.35. The van der Waals surface area contributed by atoms with Crippen LogP contribution in [0.1, 0.15) is 20.7 Å². The lowest BCUT2D eigenvalue weighted by atomic mass is 10.1. The Morgan fingerprint density at radius 1 is 1.08 bits per heavy atom. The quantitative estimate of drug-likeness (QED) is 0.875. The summed E-state index contributed by atoms with van der Waals surface area (Å²) in [6, 6.07) is 8.83. The van der Waals surface area contributed by atoms with E-state index in [0.717, 1.165) is 4.47 Å². The SMILES string of the molecule is O=C(Nc1ccc(Br)cc1)c1cncc(C(=O)N2CCOCC2)c1. The van der Waals surface area contributed by atoms with Crippen LogP contribution in [-0.2, 0) is 4.74 Å². The molecule has 1 N–H and O–H groups in total. The summed E-state index contributed by atoms with van der Waals surface area (Å²) in [7, 11) is 0. The van der Waals surface area contributed by atoms with Gasteiger partial charge in [-0.05, 0) is 30.3 Å². The molecular weight excluding hydrogens is 374 g/mol. The first-order valence-electron chi connectivity index (χ1n) is 7.52. The predicted molar refractivity (Wildman–Crippen MR) is 93.1 cm³/mol. The molecule has 0 spiro atoms. The van der Waals surface area contributed by atoms with Gasteiger partial charge in [0.15, 0.2) is 0 Å². The summed E-state index contributed by atoms with van der Waals surface area (Å²) in [4.78, 5) is 30.5. The number of amides is 2. The van der Waals surface area contributed by atoms with Gasteiger partial charge in [0.1, 0.15) is 0 Å². The second-order valence-corrected chi connectivity index (χ2v) is 6.24. The molecule has 1 fully saturated rings. The zero-order valence-electron chi connectivity index (χ0n) is 12.9. The van der Waals surface area contributed by atoms with Gasteiger partial charge >= 0.3 is 0 Å². The number of anilines is 1. The molecule has 0 radical (unpaired) electrons. The van der Waals surface area contributed by atoms with Crippen LogP contribution in [0.4, 0.5) is 5.69 Å². The molecule has 0 atom stereocenters. The Kier molecular flexibility index (Phi) is 5.22. The Labute approximate surface area is 148 Å². The Bertz CT molecular complexity index is 743. The summed E-state index contributed by atoms with van der Waals surface area (Å²) in [5.74, 6) is -0.439. The van der Waals surface area contributed by atoms with Crippen molar-refractivity contribution in [2.24, 2.45) is 0 Å². The van der Waals surface area contributed by atoms with Gasteiger partial charge in [0.05, 0.1) is 24.3 Å². The molecule has 2 heterocycles. The third-order valence-corrected chi connectivity index (χ3v) is 4.18. The van der Waals surface area contributed by atoms with Crippen molar-refractivity contribution in [1.82, 2.24) is 9.88 Å². The monoisotopic (exact) mass is 389 g/mol. The highest BCUT2D eigenvalue weighted by atomic mass is 79.9. The summed E-state index contributed by atoms with van der Waals surface area (Å²) in [6.45, 7) is 2.16. The highest BCUT2D eigenvalue weighted by Gasteiger charge is 2.20. The number of hydrogen-bond acceptors (Lipinski definition) is 4. The lowest BCUT2D eigenvalue weighted by molar-refractivity contribution is 0.0302. The number of nitrogens with zero attached hydrogens (tertiary/aromatic N) is 2. The minimum absolute atomic E-state index is 0.135. The topological polar surface area (TPSA) is 71.5 Å². The van der Waals surface area contributed by atoms with Crippen molar-refractivity contribution >= 4 is 33.4 Å². The predicted octanol–water partition coefficient (Wildman–Crippen LogP) is 2.57. The average Bonchev–Trinajstić information content (AvgIpc) is 2.64. The maximum absolute atomic E-state index is 12.5. The van der Waals surface area contributed by atoms with Crippen molar-refractivity contribution in [2.75, 3.05) is 31.6 Å². The fourth-order valence-corrected chi connectivity index (χ4v) is 2.63. The van der Waals surface area contributed by atoms with Crippen LogP contribution < -0.4 is 5.32 Å². The number of rotatable bonds is 3. The number of hydrogen-bond donors (Lipinski definition) is 1. The van der Waals surface area contributed by atoms with Gasteiger partial charge in [-0.25, -0.2) is 0 Å². The van der Waals surface area contributed by atoms with Crippen molar-refractivity contribution in [2.45, 2.75) is 0 Å². The summed E-state index contributed by atoms with van der Waals surface area (Å²) in [5.41, 5.74) is 1.42. The molecule has 2 amide bonds. The molecular formula is C17H16BrN3O3. The fraction of sp³-hybridized carbons (Fsp3) is 0.235. The van der Waals surface area contributed by atoms with E-state index in [0.29, 0.717) is 43.1 Å². The Morgan fingerprint density at radius 3 is 2.46 bits per heavy atom. The molecule has 1 saturated heterocycles. The van der Waals surface area contributed by atoms with Gasteiger partial charge in [-0.3, -0.25) is 14.6 Å². The lowest BCUT2D eigenvalue weighted by Crippen LogP contribution is -2.40. The maximum Gasteiger partial charge on any atom is 0.257 e. The fourth-order valence-electron chi connectivity index (χ4n) is 2.37. The first kappa shape index (κ1) is 16.6. The molecule has 1 aromatic carbocycles. The van der Waals surface area contributed by atoms with Crippen LogP contribution in [0.15, 0.2) is 47.2 Å². The molecule has 1 aromatic heterocycles. The van der Waals surface area contributed by atoms with E-state index in [1.807, 2.05) is 12.1 Å². The highest BCUT2D eigenvalue weighted by Crippen LogP contribution is 2.15. The number of benzene rings is 1. The van der Waals surface area contributed by atoms with Crippen LogP contribution in [0.5, 0.6) is 0 Å². The van der Waals surface area contributed by atoms with Crippen LogP contribution in [0.2, 0.25) is 0 Å². The van der Waals surface area contributed by atoms with Crippen molar-refractivity contribution in [3.05, 3.63) is 58.3 Å². The van der Waals surface area contributed by atoms with Gasteiger partial charge in [0.2, 0.25) is 0 Å². The van der Waals surface area contributed by atoms with E-state index >= 15 is 0 Å². The largest absolute Gasteiger partial charge is 0.378 e. The molecule has 1 aliphatic rings. The highest BCUT2D eigenvalue weighted by molar-refractivity contribution is 9.10. The van der Waals surface area contributed by atoms with Gasteiger partial charge in [-0.2, -0.15) is 0 Å². The summed E-state index contributed by atoms with van der Waals surface area (Å²) in [6.07, 6.45) is 2.93. The van der Waals surface area contributed by atoms with Gasteiger partial charge < -0.3 is 15.0 Å². The van der Waals surface area contributed by atoms with E-state index < -0.39 is 0 Å². The Hall–Kier alpha value is -2.25. The van der Waals surface area contributed by atoms with Crippen molar-refractivity contribution in [1.29, 1.82) is 0 Å². The Morgan fingerprint density at radius 2 is 1.75 bits per heavy atom. The average molecular weight is 390 g/mol. The van der Waals surface area contributed by atoms with E-state index in [4.69, 9.17) is 4.74 Å². The number of nitrogens with one attached hydrogen (secondary N) is 1. The molecule has 2 aromatic rings. The number of pyridine rings is 1. The molecule has 124 valence electrons. The molecule has 7 heteroatoms.